The highest BCUT2D eigenvalue weighted by atomic mass is 16.5. The number of carbonyl (C=O) groups excluding carboxylic acids is 1. The van der Waals surface area contributed by atoms with E-state index in [0.29, 0.717) is 18.2 Å². The Morgan fingerprint density at radius 2 is 2.32 bits per heavy atom. The van der Waals surface area contributed by atoms with Crippen molar-refractivity contribution in [2.75, 3.05) is 13.2 Å². The Labute approximate surface area is 114 Å². The molecule has 106 valence electrons. The minimum Gasteiger partial charge on any atom is -0.377 e. The van der Waals surface area contributed by atoms with Crippen LogP contribution in [-0.2, 0) is 11.8 Å². The molecule has 5 nitrogen and oxygen atoms in total. The zero-order valence-corrected chi connectivity index (χ0v) is 12.1. The van der Waals surface area contributed by atoms with Crippen LogP contribution in [0.5, 0.6) is 0 Å². The smallest absolute Gasteiger partial charge is 0.269 e. The highest BCUT2D eigenvalue weighted by Gasteiger charge is 2.37. The van der Waals surface area contributed by atoms with Crippen LogP contribution in [0.2, 0.25) is 0 Å². The van der Waals surface area contributed by atoms with Gasteiger partial charge in [-0.2, -0.15) is 5.10 Å². The number of nitrogens with one attached hydrogen (secondary N) is 1. The number of hydrogen-bond acceptors (Lipinski definition) is 3. The molecule has 0 aliphatic carbocycles. The molecule has 0 spiro atoms. The lowest BCUT2D eigenvalue weighted by Crippen LogP contribution is -2.39. The van der Waals surface area contributed by atoms with Crippen LogP contribution in [0.3, 0.4) is 0 Å². The van der Waals surface area contributed by atoms with Gasteiger partial charge in [-0.15, -0.1) is 0 Å². The molecule has 1 saturated heterocycles. The highest BCUT2D eigenvalue weighted by Crippen LogP contribution is 2.34. The van der Waals surface area contributed by atoms with E-state index >= 15 is 0 Å². The van der Waals surface area contributed by atoms with E-state index in [2.05, 4.69) is 31.2 Å². The van der Waals surface area contributed by atoms with E-state index in [1.807, 2.05) is 0 Å². The molecule has 0 unspecified atom stereocenters. The van der Waals surface area contributed by atoms with E-state index < -0.39 is 0 Å². The molecule has 19 heavy (non-hydrogen) atoms. The molecule has 1 aliphatic heterocycles. The first-order chi connectivity index (χ1) is 8.89. The highest BCUT2D eigenvalue weighted by molar-refractivity contribution is 5.92. The van der Waals surface area contributed by atoms with E-state index in [4.69, 9.17) is 4.74 Å². The molecule has 2 atom stereocenters. The Balaban J connectivity index is 1.92. The van der Waals surface area contributed by atoms with Crippen molar-refractivity contribution in [2.24, 2.45) is 18.4 Å². The van der Waals surface area contributed by atoms with Crippen LogP contribution in [-0.4, -0.2) is 34.9 Å². The van der Waals surface area contributed by atoms with Gasteiger partial charge in [0, 0.05) is 32.3 Å². The molecule has 0 bridgehead atoms. The van der Waals surface area contributed by atoms with Crippen molar-refractivity contribution >= 4 is 5.91 Å². The zero-order chi connectivity index (χ0) is 14.0. The molecule has 1 amide bonds. The molecular weight excluding hydrogens is 242 g/mol. The second-order valence-corrected chi connectivity index (χ2v) is 6.26. The monoisotopic (exact) mass is 265 g/mol. The van der Waals surface area contributed by atoms with Gasteiger partial charge in [0.05, 0.1) is 6.10 Å². The topological polar surface area (TPSA) is 56.2 Å². The van der Waals surface area contributed by atoms with Crippen molar-refractivity contribution in [1.29, 1.82) is 0 Å². The molecule has 0 saturated carbocycles. The first-order valence-electron chi connectivity index (χ1n) is 6.77. The van der Waals surface area contributed by atoms with E-state index in [1.54, 1.807) is 24.0 Å². The number of aryl methyl sites for hydroxylation is 1. The first kappa shape index (κ1) is 14.1. The first-order valence-corrected chi connectivity index (χ1v) is 6.77. The van der Waals surface area contributed by atoms with Gasteiger partial charge < -0.3 is 10.1 Å². The second kappa shape index (κ2) is 5.33. The normalized spacial score (nSPS) is 23.6. The SMILES string of the molecule is Cn1nccc1C(=O)NC[C@H]1CCO[C@@H]1C(C)(C)C. The molecule has 1 aliphatic rings. The molecule has 0 aromatic carbocycles. The van der Waals surface area contributed by atoms with Crippen molar-refractivity contribution in [3.05, 3.63) is 18.0 Å². The summed E-state index contributed by atoms with van der Waals surface area (Å²) in [5, 5.41) is 6.99. The lowest BCUT2D eigenvalue weighted by Gasteiger charge is -2.31. The fraction of sp³-hybridized carbons (Fsp3) is 0.714. The number of rotatable bonds is 3. The maximum atomic E-state index is 12.0. The fourth-order valence-corrected chi connectivity index (χ4v) is 2.71. The Kier molecular flexibility index (Phi) is 3.94. The number of hydrogen-bond donors (Lipinski definition) is 1. The van der Waals surface area contributed by atoms with Gasteiger partial charge in [0.2, 0.25) is 0 Å². The van der Waals surface area contributed by atoms with Crippen LogP contribution in [0.4, 0.5) is 0 Å². The largest absolute Gasteiger partial charge is 0.377 e. The summed E-state index contributed by atoms with van der Waals surface area (Å²) in [6, 6.07) is 1.72. The van der Waals surface area contributed by atoms with Gasteiger partial charge in [-0.1, -0.05) is 20.8 Å². The predicted octanol–water partition coefficient (Wildman–Crippen LogP) is 1.60. The number of ether oxygens (including phenoxy) is 1. The lowest BCUT2D eigenvalue weighted by molar-refractivity contribution is 0.00735. The number of amides is 1. The van der Waals surface area contributed by atoms with Gasteiger partial charge in [-0.05, 0) is 17.9 Å². The fourth-order valence-electron chi connectivity index (χ4n) is 2.71. The summed E-state index contributed by atoms with van der Waals surface area (Å²) in [6.45, 7) is 7.98. The minimum absolute atomic E-state index is 0.0699. The van der Waals surface area contributed by atoms with Gasteiger partial charge in [0.15, 0.2) is 0 Å². The molecule has 1 N–H and O–H groups in total. The van der Waals surface area contributed by atoms with Crippen molar-refractivity contribution < 1.29 is 9.53 Å². The molecule has 2 heterocycles. The Hall–Kier alpha value is -1.36. The van der Waals surface area contributed by atoms with Crippen molar-refractivity contribution in [2.45, 2.75) is 33.3 Å². The predicted molar refractivity (Wildman–Crippen MR) is 72.8 cm³/mol. The summed E-state index contributed by atoms with van der Waals surface area (Å²) in [5.41, 5.74) is 0.699. The van der Waals surface area contributed by atoms with Crippen molar-refractivity contribution in [3.63, 3.8) is 0 Å². The standard InChI is InChI=1S/C14H23N3O2/c1-14(2,3)12-10(6-8-19-12)9-15-13(18)11-5-7-16-17(11)4/h5,7,10,12H,6,8-9H2,1-4H3,(H,15,18)/t10-,12+/m1/s1. The van der Waals surface area contributed by atoms with E-state index in [1.165, 1.54) is 0 Å². The van der Waals surface area contributed by atoms with E-state index in [-0.39, 0.29) is 17.4 Å². The number of nitrogens with zero attached hydrogens (tertiary/aromatic N) is 2. The number of carbonyl (C=O) groups is 1. The van der Waals surface area contributed by atoms with Crippen LogP contribution >= 0.6 is 0 Å². The third-order valence-corrected chi connectivity index (χ3v) is 3.65. The Morgan fingerprint density at radius 3 is 2.89 bits per heavy atom. The average molecular weight is 265 g/mol. The molecule has 1 fully saturated rings. The number of aromatic nitrogens is 2. The second-order valence-electron chi connectivity index (χ2n) is 6.26. The molecule has 2 rings (SSSR count). The summed E-state index contributed by atoms with van der Waals surface area (Å²) < 4.78 is 7.39. The van der Waals surface area contributed by atoms with E-state index in [0.717, 1.165) is 13.0 Å². The van der Waals surface area contributed by atoms with Gasteiger partial charge in [-0.3, -0.25) is 9.48 Å². The molecule has 5 heteroatoms. The third-order valence-electron chi connectivity index (χ3n) is 3.65. The van der Waals surface area contributed by atoms with Gasteiger partial charge in [0.1, 0.15) is 5.69 Å². The zero-order valence-electron chi connectivity index (χ0n) is 12.1. The Bertz CT molecular complexity index is 448. The van der Waals surface area contributed by atoms with Crippen LogP contribution in [0, 0.1) is 11.3 Å². The molecule has 1 aromatic heterocycles. The van der Waals surface area contributed by atoms with Crippen molar-refractivity contribution in [3.8, 4) is 0 Å². The summed E-state index contributed by atoms with van der Waals surface area (Å²) in [6.07, 6.45) is 2.85. The molecule has 0 radical (unpaired) electrons. The van der Waals surface area contributed by atoms with Gasteiger partial charge in [-0.25, -0.2) is 0 Å². The maximum Gasteiger partial charge on any atom is 0.269 e. The lowest BCUT2D eigenvalue weighted by atomic mass is 9.81. The maximum absolute atomic E-state index is 12.0. The van der Waals surface area contributed by atoms with E-state index in [9.17, 15) is 4.79 Å². The van der Waals surface area contributed by atoms with Crippen molar-refractivity contribution in [1.82, 2.24) is 15.1 Å². The van der Waals surface area contributed by atoms with Crippen LogP contribution < -0.4 is 5.32 Å². The molecule has 1 aromatic rings. The minimum atomic E-state index is -0.0699. The summed E-state index contributed by atoms with van der Waals surface area (Å²) >= 11 is 0. The van der Waals surface area contributed by atoms with Gasteiger partial charge in [0.25, 0.3) is 5.91 Å². The third kappa shape index (κ3) is 3.15. The Morgan fingerprint density at radius 1 is 1.58 bits per heavy atom. The average Bonchev–Trinajstić information content (AvgIpc) is 2.93. The van der Waals surface area contributed by atoms with Crippen LogP contribution in [0.15, 0.2) is 12.3 Å². The molecular formula is C14H23N3O2. The van der Waals surface area contributed by atoms with Gasteiger partial charge >= 0.3 is 0 Å². The van der Waals surface area contributed by atoms with Crippen LogP contribution in [0.25, 0.3) is 0 Å². The summed E-state index contributed by atoms with van der Waals surface area (Å²) in [4.78, 5) is 12.0. The summed E-state index contributed by atoms with van der Waals surface area (Å²) in [5.74, 6) is 0.316. The van der Waals surface area contributed by atoms with Crippen LogP contribution in [0.1, 0.15) is 37.7 Å². The summed E-state index contributed by atoms with van der Waals surface area (Å²) in [7, 11) is 1.77. The quantitative estimate of drug-likeness (QED) is 0.903.